The number of carbonyl (C=O) groups excluding carboxylic acids is 2. The third kappa shape index (κ3) is 5.17. The summed E-state index contributed by atoms with van der Waals surface area (Å²) in [6.45, 7) is 0. The highest BCUT2D eigenvalue weighted by molar-refractivity contribution is 5.78. The fourth-order valence-corrected chi connectivity index (χ4v) is 1.61. The first kappa shape index (κ1) is 15.8. The first-order chi connectivity index (χ1) is 9.56. The molecular formula is C14H20N2O4. The lowest BCUT2D eigenvalue weighted by molar-refractivity contribution is -0.140. The molecule has 0 atom stereocenters. The average Bonchev–Trinajstić information content (AvgIpc) is 2.47. The Labute approximate surface area is 118 Å². The monoisotopic (exact) mass is 280 g/mol. The summed E-state index contributed by atoms with van der Waals surface area (Å²) in [6, 6.07) is 7.31. The lowest BCUT2D eigenvalue weighted by atomic mass is 10.2. The van der Waals surface area contributed by atoms with Gasteiger partial charge in [0.05, 0.1) is 19.9 Å². The summed E-state index contributed by atoms with van der Waals surface area (Å²) in [7, 11) is 4.68. The summed E-state index contributed by atoms with van der Waals surface area (Å²) in [4.78, 5) is 22.6. The minimum Gasteiger partial charge on any atom is -0.497 e. The Morgan fingerprint density at radius 2 is 1.80 bits per heavy atom. The third-order valence-corrected chi connectivity index (χ3v) is 2.76. The van der Waals surface area contributed by atoms with Gasteiger partial charge in [-0.25, -0.2) is 0 Å². The Bertz CT molecular complexity index is 445. The van der Waals surface area contributed by atoms with Gasteiger partial charge < -0.3 is 9.47 Å². The van der Waals surface area contributed by atoms with E-state index < -0.39 is 0 Å². The maximum Gasteiger partial charge on any atom is 0.305 e. The molecule has 0 aliphatic carbocycles. The first-order valence-electron chi connectivity index (χ1n) is 6.31. The molecule has 0 unspecified atom stereocenters. The number of ether oxygens (including phenoxy) is 2. The lowest BCUT2D eigenvalue weighted by Crippen LogP contribution is -2.39. The number of esters is 1. The quantitative estimate of drug-likeness (QED) is 0.605. The van der Waals surface area contributed by atoms with Gasteiger partial charge in [-0.3, -0.25) is 20.0 Å². The Morgan fingerprint density at radius 1 is 1.15 bits per heavy atom. The molecule has 0 aromatic heterocycles. The van der Waals surface area contributed by atoms with Crippen molar-refractivity contribution in [1.82, 2.24) is 5.43 Å². The molecule has 1 amide bonds. The highest BCUT2D eigenvalue weighted by atomic mass is 16.5. The van der Waals surface area contributed by atoms with E-state index in [0.29, 0.717) is 6.42 Å². The lowest BCUT2D eigenvalue weighted by Gasteiger charge is -2.20. The van der Waals surface area contributed by atoms with Crippen LogP contribution in [0.15, 0.2) is 24.3 Å². The van der Waals surface area contributed by atoms with Crippen LogP contribution in [0.4, 0.5) is 5.69 Å². The second-order valence-corrected chi connectivity index (χ2v) is 4.22. The van der Waals surface area contributed by atoms with Crippen molar-refractivity contribution in [2.24, 2.45) is 0 Å². The van der Waals surface area contributed by atoms with Crippen LogP contribution >= 0.6 is 0 Å². The van der Waals surface area contributed by atoms with Gasteiger partial charge in [-0.15, -0.1) is 0 Å². The zero-order chi connectivity index (χ0) is 15.0. The van der Waals surface area contributed by atoms with Crippen molar-refractivity contribution >= 4 is 17.6 Å². The molecule has 0 aliphatic heterocycles. The number of hydrogen-bond acceptors (Lipinski definition) is 5. The SMILES string of the molecule is COC(=O)CCCC(=O)NN(C)c1ccc(OC)cc1. The molecule has 1 rings (SSSR count). The Kier molecular flexibility index (Phi) is 6.36. The molecular weight excluding hydrogens is 260 g/mol. The molecule has 1 N–H and O–H groups in total. The van der Waals surface area contributed by atoms with E-state index in [1.54, 1.807) is 19.2 Å². The molecule has 0 spiro atoms. The van der Waals surface area contributed by atoms with Gasteiger partial charge in [0.25, 0.3) is 0 Å². The molecule has 6 nitrogen and oxygen atoms in total. The van der Waals surface area contributed by atoms with Gasteiger partial charge in [-0.1, -0.05) is 0 Å². The summed E-state index contributed by atoms with van der Waals surface area (Å²) in [5.74, 6) is 0.306. The van der Waals surface area contributed by atoms with Crippen LogP contribution in [0.1, 0.15) is 19.3 Å². The summed E-state index contributed by atoms with van der Waals surface area (Å²) >= 11 is 0. The standard InChI is InChI=1S/C14H20N2O4/c1-16(11-7-9-12(19-2)10-8-11)15-13(17)5-4-6-14(18)20-3/h7-10H,4-6H2,1-3H3,(H,15,17). The van der Waals surface area contributed by atoms with Crippen molar-refractivity contribution in [3.05, 3.63) is 24.3 Å². The summed E-state index contributed by atoms with van der Waals surface area (Å²) in [5, 5.41) is 1.62. The molecule has 20 heavy (non-hydrogen) atoms. The van der Waals surface area contributed by atoms with Crippen LogP contribution in [0.3, 0.4) is 0 Å². The summed E-state index contributed by atoms with van der Waals surface area (Å²) < 4.78 is 9.58. The number of amides is 1. The number of nitrogens with zero attached hydrogens (tertiary/aromatic N) is 1. The van der Waals surface area contributed by atoms with Crippen molar-refractivity contribution in [3.63, 3.8) is 0 Å². The number of benzene rings is 1. The maximum atomic E-state index is 11.7. The molecule has 0 saturated carbocycles. The Morgan fingerprint density at radius 3 is 2.35 bits per heavy atom. The van der Waals surface area contributed by atoms with Crippen LogP contribution in [0.2, 0.25) is 0 Å². The van der Waals surface area contributed by atoms with E-state index in [1.807, 2.05) is 24.3 Å². The second-order valence-electron chi connectivity index (χ2n) is 4.22. The molecule has 0 saturated heterocycles. The van der Waals surface area contributed by atoms with Crippen LogP contribution < -0.4 is 15.2 Å². The molecule has 0 heterocycles. The normalized spacial score (nSPS) is 9.75. The van der Waals surface area contributed by atoms with Crippen molar-refractivity contribution in [1.29, 1.82) is 0 Å². The fraction of sp³-hybridized carbons (Fsp3) is 0.429. The van der Waals surface area contributed by atoms with Gasteiger partial charge in [0.15, 0.2) is 0 Å². The molecule has 0 aliphatic rings. The molecule has 1 aromatic rings. The van der Waals surface area contributed by atoms with Crippen molar-refractivity contribution in [3.8, 4) is 5.75 Å². The largest absolute Gasteiger partial charge is 0.497 e. The molecule has 6 heteroatoms. The zero-order valence-electron chi connectivity index (χ0n) is 12.0. The second kappa shape index (κ2) is 8.04. The van der Waals surface area contributed by atoms with Crippen LogP contribution in [0, 0.1) is 0 Å². The molecule has 110 valence electrons. The van der Waals surface area contributed by atoms with E-state index >= 15 is 0 Å². The number of anilines is 1. The number of rotatable bonds is 7. The van der Waals surface area contributed by atoms with Crippen LogP contribution in [-0.4, -0.2) is 33.1 Å². The smallest absolute Gasteiger partial charge is 0.305 e. The average molecular weight is 280 g/mol. The van der Waals surface area contributed by atoms with Gasteiger partial charge in [0.2, 0.25) is 5.91 Å². The number of methoxy groups -OCH3 is 2. The van der Waals surface area contributed by atoms with Crippen molar-refractivity contribution < 1.29 is 19.1 Å². The van der Waals surface area contributed by atoms with E-state index in [9.17, 15) is 9.59 Å². The number of hydrazine groups is 1. The number of carbonyl (C=O) groups is 2. The topological polar surface area (TPSA) is 67.9 Å². The van der Waals surface area contributed by atoms with E-state index in [4.69, 9.17) is 4.74 Å². The van der Waals surface area contributed by atoms with Gasteiger partial charge in [0.1, 0.15) is 5.75 Å². The highest BCUT2D eigenvalue weighted by Gasteiger charge is 2.08. The van der Waals surface area contributed by atoms with Crippen LogP contribution in [0.25, 0.3) is 0 Å². The van der Waals surface area contributed by atoms with Crippen LogP contribution in [-0.2, 0) is 14.3 Å². The number of hydrogen-bond donors (Lipinski definition) is 1. The molecule has 0 bridgehead atoms. The fourth-order valence-electron chi connectivity index (χ4n) is 1.61. The van der Waals surface area contributed by atoms with E-state index in [0.717, 1.165) is 11.4 Å². The van der Waals surface area contributed by atoms with E-state index in [-0.39, 0.29) is 24.7 Å². The van der Waals surface area contributed by atoms with Gasteiger partial charge in [0, 0.05) is 19.9 Å². The third-order valence-electron chi connectivity index (χ3n) is 2.76. The van der Waals surface area contributed by atoms with E-state index in [2.05, 4.69) is 10.2 Å². The Balaban J connectivity index is 2.38. The Hall–Kier alpha value is -2.24. The van der Waals surface area contributed by atoms with Gasteiger partial charge >= 0.3 is 5.97 Å². The molecule has 0 radical (unpaired) electrons. The van der Waals surface area contributed by atoms with Crippen molar-refractivity contribution in [2.45, 2.75) is 19.3 Å². The van der Waals surface area contributed by atoms with Crippen LogP contribution in [0.5, 0.6) is 5.75 Å². The van der Waals surface area contributed by atoms with Gasteiger partial charge in [-0.05, 0) is 30.7 Å². The summed E-state index contributed by atoms with van der Waals surface area (Å²) in [5.41, 5.74) is 3.57. The van der Waals surface area contributed by atoms with Crippen molar-refractivity contribution in [2.75, 3.05) is 26.3 Å². The van der Waals surface area contributed by atoms with E-state index in [1.165, 1.54) is 7.11 Å². The molecule has 0 fully saturated rings. The van der Waals surface area contributed by atoms with Gasteiger partial charge in [-0.2, -0.15) is 0 Å². The summed E-state index contributed by atoms with van der Waals surface area (Å²) in [6.07, 6.45) is 0.987. The zero-order valence-corrected chi connectivity index (χ0v) is 12.0. The minimum absolute atomic E-state index is 0.146. The first-order valence-corrected chi connectivity index (χ1v) is 6.31. The minimum atomic E-state index is -0.304. The predicted molar refractivity (Wildman–Crippen MR) is 75.4 cm³/mol. The predicted octanol–water partition coefficient (Wildman–Crippen LogP) is 1.51. The maximum absolute atomic E-state index is 11.7. The number of nitrogens with one attached hydrogen (secondary N) is 1. The highest BCUT2D eigenvalue weighted by Crippen LogP contribution is 2.16. The molecule has 1 aromatic carbocycles.